The molecule has 21 heavy (non-hydrogen) atoms. The molecule has 4 nitrogen and oxygen atoms in total. The number of nitrogens with zero attached hydrogens (tertiary/aromatic N) is 2. The first-order valence-corrected chi connectivity index (χ1v) is 7.21. The zero-order chi connectivity index (χ0) is 14.5. The highest BCUT2D eigenvalue weighted by atomic mass is 32.1. The number of ether oxygens (including phenoxy) is 1. The molecule has 0 fully saturated rings. The number of rotatable bonds is 4. The lowest BCUT2D eigenvalue weighted by atomic mass is 10.1. The maximum atomic E-state index is 12.2. The van der Waals surface area contributed by atoms with E-state index in [1.165, 1.54) is 0 Å². The molecule has 0 unspecified atom stereocenters. The largest absolute Gasteiger partial charge is 0.457 e. The average molecular weight is 296 g/mol. The monoisotopic (exact) mass is 296 g/mol. The van der Waals surface area contributed by atoms with E-state index in [2.05, 4.69) is 9.59 Å². The van der Waals surface area contributed by atoms with E-state index in [4.69, 9.17) is 4.74 Å². The van der Waals surface area contributed by atoms with Crippen LogP contribution < -0.4 is 0 Å². The minimum Gasteiger partial charge on any atom is -0.457 e. The smallest absolute Gasteiger partial charge is 0.352 e. The quantitative estimate of drug-likeness (QED) is 0.691. The fraction of sp³-hybridized carbons (Fsp3) is 0.0625. The molecule has 1 aromatic heterocycles. The van der Waals surface area contributed by atoms with E-state index in [-0.39, 0.29) is 6.61 Å². The fourth-order valence-corrected chi connectivity index (χ4v) is 2.48. The third kappa shape index (κ3) is 3.14. The molecule has 0 aliphatic rings. The first kappa shape index (κ1) is 13.5. The Kier molecular flexibility index (Phi) is 4.02. The van der Waals surface area contributed by atoms with Crippen LogP contribution in [0.1, 0.15) is 15.2 Å². The van der Waals surface area contributed by atoms with Gasteiger partial charge in [-0.25, -0.2) is 4.79 Å². The minimum absolute atomic E-state index is 0.242. The molecule has 0 amide bonds. The van der Waals surface area contributed by atoms with Gasteiger partial charge in [0.25, 0.3) is 0 Å². The number of carbonyl (C=O) groups is 1. The second-order valence-corrected chi connectivity index (χ2v) is 5.13. The Morgan fingerprint density at radius 1 is 1.00 bits per heavy atom. The molecule has 0 atom stereocenters. The van der Waals surface area contributed by atoms with Crippen molar-refractivity contribution in [1.29, 1.82) is 0 Å². The molecule has 2 aromatic carbocycles. The van der Waals surface area contributed by atoms with Gasteiger partial charge in [0.15, 0.2) is 4.88 Å². The fourth-order valence-electron chi connectivity index (χ4n) is 1.90. The summed E-state index contributed by atoms with van der Waals surface area (Å²) in [5.74, 6) is -0.396. The Bertz CT molecular complexity index is 726. The minimum atomic E-state index is -0.396. The third-order valence-corrected chi connectivity index (χ3v) is 3.64. The zero-order valence-corrected chi connectivity index (χ0v) is 11.9. The van der Waals surface area contributed by atoms with Gasteiger partial charge in [-0.1, -0.05) is 65.2 Å². The van der Waals surface area contributed by atoms with Gasteiger partial charge in [0, 0.05) is 5.56 Å². The Morgan fingerprint density at radius 2 is 1.67 bits per heavy atom. The van der Waals surface area contributed by atoms with Crippen LogP contribution in [0.3, 0.4) is 0 Å². The SMILES string of the molecule is O=C(OCc1ccccc1)c1snnc1-c1ccccc1. The van der Waals surface area contributed by atoms with Crippen LogP contribution in [0.15, 0.2) is 60.7 Å². The molecular weight excluding hydrogens is 284 g/mol. The molecule has 0 bridgehead atoms. The third-order valence-electron chi connectivity index (χ3n) is 2.93. The standard InChI is InChI=1S/C16H12N2O2S/c19-16(20-11-12-7-3-1-4-8-12)15-14(17-18-21-15)13-9-5-2-6-10-13/h1-10H,11H2. The Morgan fingerprint density at radius 3 is 2.38 bits per heavy atom. The number of benzene rings is 2. The van der Waals surface area contributed by atoms with Crippen molar-refractivity contribution in [1.82, 2.24) is 9.59 Å². The average Bonchev–Trinajstić information content (AvgIpc) is 3.04. The van der Waals surface area contributed by atoms with Gasteiger partial charge in [-0.2, -0.15) is 0 Å². The first-order valence-electron chi connectivity index (χ1n) is 6.43. The Hall–Kier alpha value is -2.53. The highest BCUT2D eigenvalue weighted by Crippen LogP contribution is 2.24. The van der Waals surface area contributed by atoms with Crippen LogP contribution in [0.5, 0.6) is 0 Å². The molecule has 3 aromatic rings. The van der Waals surface area contributed by atoms with Crippen molar-refractivity contribution in [3.8, 4) is 11.3 Å². The van der Waals surface area contributed by atoms with Gasteiger partial charge in [-0.15, -0.1) is 5.10 Å². The van der Waals surface area contributed by atoms with E-state index in [0.29, 0.717) is 10.6 Å². The van der Waals surface area contributed by atoms with Crippen LogP contribution in [-0.2, 0) is 11.3 Å². The van der Waals surface area contributed by atoms with Gasteiger partial charge in [0.2, 0.25) is 0 Å². The van der Waals surface area contributed by atoms with Gasteiger partial charge in [-0.3, -0.25) is 0 Å². The first-order chi connectivity index (χ1) is 10.3. The summed E-state index contributed by atoms with van der Waals surface area (Å²) >= 11 is 1.05. The highest BCUT2D eigenvalue weighted by Gasteiger charge is 2.19. The molecule has 5 heteroatoms. The van der Waals surface area contributed by atoms with Crippen molar-refractivity contribution in [3.63, 3.8) is 0 Å². The van der Waals surface area contributed by atoms with Crippen LogP contribution in [0.2, 0.25) is 0 Å². The van der Waals surface area contributed by atoms with Gasteiger partial charge in [-0.05, 0) is 17.1 Å². The van der Waals surface area contributed by atoms with Gasteiger partial charge in [0.05, 0.1) is 0 Å². The lowest BCUT2D eigenvalue weighted by molar-refractivity contribution is 0.0479. The van der Waals surface area contributed by atoms with E-state index in [9.17, 15) is 4.79 Å². The molecule has 3 rings (SSSR count). The molecule has 0 radical (unpaired) electrons. The molecule has 1 heterocycles. The van der Waals surface area contributed by atoms with Gasteiger partial charge >= 0.3 is 5.97 Å². The summed E-state index contributed by atoms with van der Waals surface area (Å²) in [5, 5.41) is 4.03. The lowest BCUT2D eigenvalue weighted by Crippen LogP contribution is -2.04. The molecule has 0 N–H and O–H groups in total. The van der Waals surface area contributed by atoms with Crippen molar-refractivity contribution in [2.75, 3.05) is 0 Å². The second kappa shape index (κ2) is 6.28. The van der Waals surface area contributed by atoms with Crippen LogP contribution in [-0.4, -0.2) is 15.6 Å². The van der Waals surface area contributed by atoms with Crippen LogP contribution in [0.25, 0.3) is 11.3 Å². The molecule has 104 valence electrons. The lowest BCUT2D eigenvalue weighted by Gasteiger charge is -2.04. The van der Waals surface area contributed by atoms with Crippen LogP contribution in [0.4, 0.5) is 0 Å². The molecule has 0 aliphatic carbocycles. The number of hydrogen-bond acceptors (Lipinski definition) is 5. The zero-order valence-electron chi connectivity index (χ0n) is 11.1. The molecule has 0 spiro atoms. The van der Waals surface area contributed by atoms with Crippen molar-refractivity contribution < 1.29 is 9.53 Å². The van der Waals surface area contributed by atoms with Crippen molar-refractivity contribution in [3.05, 3.63) is 71.1 Å². The van der Waals surface area contributed by atoms with Gasteiger partial charge < -0.3 is 4.74 Å². The summed E-state index contributed by atoms with van der Waals surface area (Å²) in [6, 6.07) is 19.1. The molecule has 0 saturated carbocycles. The van der Waals surface area contributed by atoms with E-state index >= 15 is 0 Å². The van der Waals surface area contributed by atoms with E-state index in [0.717, 1.165) is 22.7 Å². The van der Waals surface area contributed by atoms with Crippen molar-refractivity contribution >= 4 is 17.5 Å². The molecule has 0 saturated heterocycles. The van der Waals surface area contributed by atoms with Gasteiger partial charge in [0.1, 0.15) is 12.3 Å². The summed E-state index contributed by atoms with van der Waals surface area (Å²) in [5.41, 5.74) is 2.38. The number of hydrogen-bond donors (Lipinski definition) is 0. The number of esters is 1. The number of carbonyl (C=O) groups excluding carboxylic acids is 1. The summed E-state index contributed by atoms with van der Waals surface area (Å²) in [7, 11) is 0. The summed E-state index contributed by atoms with van der Waals surface area (Å²) in [6.45, 7) is 0.242. The predicted molar refractivity (Wildman–Crippen MR) is 80.9 cm³/mol. The summed E-state index contributed by atoms with van der Waals surface area (Å²) < 4.78 is 9.19. The van der Waals surface area contributed by atoms with Crippen LogP contribution in [0, 0.1) is 0 Å². The Balaban J connectivity index is 1.76. The predicted octanol–water partition coefficient (Wildman–Crippen LogP) is 3.56. The van der Waals surface area contributed by atoms with E-state index in [1.807, 2.05) is 60.7 Å². The number of aromatic nitrogens is 2. The maximum absolute atomic E-state index is 12.2. The topological polar surface area (TPSA) is 52.1 Å². The van der Waals surface area contributed by atoms with Crippen LogP contribution >= 0.6 is 11.5 Å². The Labute approximate surface area is 126 Å². The molecular formula is C16H12N2O2S. The highest BCUT2D eigenvalue weighted by molar-refractivity contribution is 7.08. The summed E-state index contributed by atoms with van der Waals surface area (Å²) in [4.78, 5) is 12.6. The maximum Gasteiger partial charge on any atom is 0.352 e. The van der Waals surface area contributed by atoms with E-state index in [1.54, 1.807) is 0 Å². The van der Waals surface area contributed by atoms with Crippen molar-refractivity contribution in [2.45, 2.75) is 6.61 Å². The summed E-state index contributed by atoms with van der Waals surface area (Å²) in [6.07, 6.45) is 0. The molecule has 0 aliphatic heterocycles. The second-order valence-electron chi connectivity index (χ2n) is 4.38. The normalized spacial score (nSPS) is 10.3. The van der Waals surface area contributed by atoms with E-state index < -0.39 is 5.97 Å². The van der Waals surface area contributed by atoms with Crippen molar-refractivity contribution in [2.24, 2.45) is 0 Å².